The molecule has 2 aromatic heterocycles. The van der Waals surface area contributed by atoms with Crippen LogP contribution >= 0.6 is 0 Å². The Kier molecular flexibility index (Phi) is 4.82. The van der Waals surface area contributed by atoms with Crippen molar-refractivity contribution in [3.8, 4) is 23.0 Å². The molecule has 5 rings (SSSR count). The number of aromatic amines is 1. The molecule has 0 bridgehead atoms. The van der Waals surface area contributed by atoms with E-state index >= 15 is 0 Å². The first-order chi connectivity index (χ1) is 15.1. The molecule has 1 N–H and O–H groups in total. The Bertz CT molecular complexity index is 1250. The number of hydrogen-bond acceptors (Lipinski definition) is 6. The molecule has 8 heteroatoms. The zero-order valence-electron chi connectivity index (χ0n) is 17.3. The van der Waals surface area contributed by atoms with Gasteiger partial charge in [0, 0.05) is 48.3 Å². The van der Waals surface area contributed by atoms with Gasteiger partial charge in [0.2, 0.25) is 5.91 Å². The first-order valence-electron chi connectivity index (χ1n) is 10.0. The molecule has 1 unspecified atom stereocenters. The summed E-state index contributed by atoms with van der Waals surface area (Å²) in [5.74, 6) is 2.38. The number of methoxy groups -OCH3 is 2. The highest BCUT2D eigenvalue weighted by Gasteiger charge is 2.34. The van der Waals surface area contributed by atoms with Crippen LogP contribution in [0.1, 0.15) is 23.7 Å². The maximum absolute atomic E-state index is 12.7. The summed E-state index contributed by atoms with van der Waals surface area (Å²) < 4.78 is 16.3. The van der Waals surface area contributed by atoms with Crippen LogP contribution in [0.25, 0.3) is 22.4 Å². The van der Waals surface area contributed by atoms with E-state index in [9.17, 15) is 4.79 Å². The number of rotatable bonds is 6. The van der Waals surface area contributed by atoms with Crippen molar-refractivity contribution in [2.45, 2.75) is 18.9 Å². The van der Waals surface area contributed by atoms with Crippen LogP contribution in [0, 0.1) is 0 Å². The number of fused-ring (bicyclic) bond motifs is 1. The standard InChI is InChI=1S/C23H22N4O4/c1-29-18-5-6-20(30-2)16(9-18)12-27-13-17(11-21(27)28)22-25-23(31-26-22)15-4-3-14-7-8-24-19(14)10-15/h3-10,17,24H,11-13H2,1-2H3. The number of H-pyrrole nitrogens is 1. The Morgan fingerprint density at radius 2 is 2.06 bits per heavy atom. The SMILES string of the molecule is COc1ccc(OC)c(CN2CC(c3noc(-c4ccc5cc[nH]c5c4)n3)CC2=O)c1. The van der Waals surface area contributed by atoms with Crippen LogP contribution in [0.15, 0.2) is 53.2 Å². The normalized spacial score (nSPS) is 16.3. The molecule has 0 saturated carbocycles. The monoisotopic (exact) mass is 418 g/mol. The van der Waals surface area contributed by atoms with E-state index in [4.69, 9.17) is 14.0 Å². The quantitative estimate of drug-likeness (QED) is 0.513. The van der Waals surface area contributed by atoms with Crippen molar-refractivity contribution in [3.63, 3.8) is 0 Å². The van der Waals surface area contributed by atoms with Crippen LogP contribution in [-0.2, 0) is 11.3 Å². The van der Waals surface area contributed by atoms with E-state index in [1.54, 1.807) is 19.1 Å². The maximum atomic E-state index is 12.7. The zero-order valence-corrected chi connectivity index (χ0v) is 17.3. The third kappa shape index (κ3) is 3.61. The van der Waals surface area contributed by atoms with Gasteiger partial charge in [-0.2, -0.15) is 4.98 Å². The molecule has 2 aromatic carbocycles. The molecule has 158 valence electrons. The molecule has 0 radical (unpaired) electrons. The third-order valence-electron chi connectivity index (χ3n) is 5.67. The van der Waals surface area contributed by atoms with Crippen LogP contribution in [0.4, 0.5) is 0 Å². The molecule has 3 heterocycles. The number of ether oxygens (including phenoxy) is 2. The molecule has 31 heavy (non-hydrogen) atoms. The Balaban J connectivity index is 1.34. The summed E-state index contributed by atoms with van der Waals surface area (Å²) in [6.07, 6.45) is 2.24. The second-order valence-corrected chi connectivity index (χ2v) is 7.59. The summed E-state index contributed by atoms with van der Waals surface area (Å²) in [7, 11) is 3.23. The van der Waals surface area contributed by atoms with Gasteiger partial charge in [-0.15, -0.1) is 0 Å². The molecule has 1 fully saturated rings. The molecule has 0 spiro atoms. The van der Waals surface area contributed by atoms with Crippen LogP contribution in [0.3, 0.4) is 0 Å². The number of likely N-dealkylation sites (tertiary alicyclic amines) is 1. The number of nitrogens with one attached hydrogen (secondary N) is 1. The van der Waals surface area contributed by atoms with E-state index < -0.39 is 0 Å². The molecule has 8 nitrogen and oxygen atoms in total. The molecule has 1 amide bonds. The lowest BCUT2D eigenvalue weighted by Gasteiger charge is -2.18. The molecular weight excluding hydrogens is 396 g/mol. The van der Waals surface area contributed by atoms with Crippen LogP contribution < -0.4 is 9.47 Å². The first kappa shape index (κ1) is 19.2. The topological polar surface area (TPSA) is 93.5 Å². The van der Waals surface area contributed by atoms with E-state index in [0.29, 0.717) is 31.2 Å². The van der Waals surface area contributed by atoms with Crippen LogP contribution in [0.5, 0.6) is 11.5 Å². The fourth-order valence-electron chi connectivity index (χ4n) is 4.01. The molecule has 0 aliphatic carbocycles. The minimum Gasteiger partial charge on any atom is -0.497 e. The Morgan fingerprint density at radius 1 is 1.16 bits per heavy atom. The lowest BCUT2D eigenvalue weighted by Crippen LogP contribution is -2.24. The van der Waals surface area contributed by atoms with E-state index in [0.717, 1.165) is 33.5 Å². The van der Waals surface area contributed by atoms with E-state index in [1.807, 2.05) is 48.7 Å². The average Bonchev–Trinajstić information content (AvgIpc) is 3.53. The van der Waals surface area contributed by atoms with Gasteiger partial charge in [0.1, 0.15) is 11.5 Å². The summed E-state index contributed by atoms with van der Waals surface area (Å²) in [4.78, 5) is 22.2. The minimum atomic E-state index is -0.115. The Morgan fingerprint density at radius 3 is 2.90 bits per heavy atom. The van der Waals surface area contributed by atoms with Gasteiger partial charge in [0.05, 0.1) is 14.2 Å². The van der Waals surface area contributed by atoms with E-state index in [1.165, 1.54) is 0 Å². The van der Waals surface area contributed by atoms with Crippen molar-refractivity contribution in [2.75, 3.05) is 20.8 Å². The number of carbonyl (C=O) groups is 1. The van der Waals surface area contributed by atoms with Crippen molar-refractivity contribution < 1.29 is 18.8 Å². The smallest absolute Gasteiger partial charge is 0.258 e. The number of hydrogen-bond donors (Lipinski definition) is 1. The molecular formula is C23H22N4O4. The maximum Gasteiger partial charge on any atom is 0.258 e. The number of benzene rings is 2. The summed E-state index contributed by atoms with van der Waals surface area (Å²) in [6.45, 7) is 0.956. The zero-order chi connectivity index (χ0) is 21.4. The molecule has 4 aromatic rings. The highest BCUT2D eigenvalue weighted by molar-refractivity contribution is 5.83. The van der Waals surface area contributed by atoms with E-state index in [2.05, 4.69) is 15.1 Å². The molecule has 1 atom stereocenters. The third-order valence-corrected chi connectivity index (χ3v) is 5.67. The highest BCUT2D eigenvalue weighted by Crippen LogP contribution is 2.32. The molecule has 1 aliphatic rings. The number of aromatic nitrogens is 3. The van der Waals surface area contributed by atoms with Crippen LogP contribution in [0.2, 0.25) is 0 Å². The van der Waals surface area contributed by atoms with Crippen molar-refractivity contribution in [1.29, 1.82) is 0 Å². The van der Waals surface area contributed by atoms with Gasteiger partial charge in [-0.25, -0.2) is 0 Å². The van der Waals surface area contributed by atoms with Gasteiger partial charge < -0.3 is 23.9 Å². The summed E-state index contributed by atoms with van der Waals surface area (Å²) in [6, 6.07) is 13.5. The van der Waals surface area contributed by atoms with Crippen LogP contribution in [-0.4, -0.2) is 46.7 Å². The second kappa shape index (κ2) is 7.79. The largest absolute Gasteiger partial charge is 0.497 e. The number of nitrogens with zero attached hydrogens (tertiary/aromatic N) is 3. The van der Waals surface area contributed by atoms with Gasteiger partial charge in [-0.05, 0) is 41.8 Å². The molecule has 1 saturated heterocycles. The van der Waals surface area contributed by atoms with Crippen molar-refractivity contribution in [2.24, 2.45) is 0 Å². The summed E-state index contributed by atoms with van der Waals surface area (Å²) in [5.41, 5.74) is 2.74. The van der Waals surface area contributed by atoms with Crippen molar-refractivity contribution in [3.05, 3.63) is 60.0 Å². The Hall–Kier alpha value is -3.81. The molecule has 1 aliphatic heterocycles. The lowest BCUT2D eigenvalue weighted by atomic mass is 10.1. The van der Waals surface area contributed by atoms with Gasteiger partial charge >= 0.3 is 0 Å². The fourth-order valence-corrected chi connectivity index (χ4v) is 4.01. The predicted octanol–water partition coefficient (Wildman–Crippen LogP) is 3.75. The average molecular weight is 418 g/mol. The van der Waals surface area contributed by atoms with E-state index in [-0.39, 0.29) is 11.8 Å². The van der Waals surface area contributed by atoms with Crippen molar-refractivity contribution in [1.82, 2.24) is 20.0 Å². The Labute approximate surface area is 178 Å². The van der Waals surface area contributed by atoms with Gasteiger partial charge in [0.25, 0.3) is 5.89 Å². The fraction of sp³-hybridized carbons (Fsp3) is 0.261. The predicted molar refractivity (Wildman–Crippen MR) is 114 cm³/mol. The van der Waals surface area contributed by atoms with Gasteiger partial charge in [-0.1, -0.05) is 11.2 Å². The number of carbonyl (C=O) groups excluding carboxylic acids is 1. The van der Waals surface area contributed by atoms with Crippen molar-refractivity contribution >= 4 is 16.8 Å². The highest BCUT2D eigenvalue weighted by atomic mass is 16.5. The summed E-state index contributed by atoms with van der Waals surface area (Å²) >= 11 is 0. The second-order valence-electron chi connectivity index (χ2n) is 7.59. The lowest BCUT2D eigenvalue weighted by molar-refractivity contribution is -0.128. The number of amides is 1. The van der Waals surface area contributed by atoms with Gasteiger partial charge in [-0.3, -0.25) is 4.79 Å². The summed E-state index contributed by atoms with van der Waals surface area (Å²) in [5, 5.41) is 5.28. The minimum absolute atomic E-state index is 0.0500. The first-order valence-corrected chi connectivity index (χ1v) is 10.0. The van der Waals surface area contributed by atoms with Gasteiger partial charge in [0.15, 0.2) is 5.82 Å².